The minimum absolute atomic E-state index is 0.114. The summed E-state index contributed by atoms with van der Waals surface area (Å²) < 4.78 is 5.12. The molecule has 1 aromatic rings. The standard InChI is InChI=1S/C14H20O2/c1-10-5-6-11(13(2,3)4)7-12(10)14(15)8-16-9-14/h5-7,15H,8-9H2,1-4H3. The van der Waals surface area contributed by atoms with Crippen molar-refractivity contribution in [2.75, 3.05) is 13.2 Å². The maximum absolute atomic E-state index is 10.3. The van der Waals surface area contributed by atoms with E-state index in [1.807, 2.05) is 6.92 Å². The van der Waals surface area contributed by atoms with Gasteiger partial charge in [0.1, 0.15) is 5.60 Å². The van der Waals surface area contributed by atoms with Gasteiger partial charge in [0, 0.05) is 0 Å². The molecule has 16 heavy (non-hydrogen) atoms. The molecule has 0 saturated carbocycles. The molecule has 0 bridgehead atoms. The number of aliphatic hydroxyl groups is 1. The Hall–Kier alpha value is -0.860. The lowest BCUT2D eigenvalue weighted by Crippen LogP contribution is -2.47. The maximum atomic E-state index is 10.3. The Morgan fingerprint density at radius 1 is 1.25 bits per heavy atom. The number of benzene rings is 1. The molecule has 1 fully saturated rings. The van der Waals surface area contributed by atoms with Crippen molar-refractivity contribution in [2.45, 2.75) is 38.7 Å². The second kappa shape index (κ2) is 3.57. The summed E-state index contributed by atoms with van der Waals surface area (Å²) in [5.41, 5.74) is 2.77. The van der Waals surface area contributed by atoms with Crippen molar-refractivity contribution in [1.82, 2.24) is 0 Å². The van der Waals surface area contributed by atoms with E-state index in [2.05, 4.69) is 39.0 Å². The predicted molar refractivity (Wildman–Crippen MR) is 64.6 cm³/mol. The fourth-order valence-corrected chi connectivity index (χ4v) is 2.04. The topological polar surface area (TPSA) is 29.5 Å². The van der Waals surface area contributed by atoms with Gasteiger partial charge in [0.15, 0.2) is 0 Å². The Balaban J connectivity index is 2.45. The van der Waals surface area contributed by atoms with Crippen LogP contribution in [0.25, 0.3) is 0 Å². The third-order valence-electron chi connectivity index (χ3n) is 3.29. The zero-order valence-electron chi connectivity index (χ0n) is 10.5. The number of aryl methyl sites for hydroxylation is 1. The van der Waals surface area contributed by atoms with Crippen LogP contribution >= 0.6 is 0 Å². The zero-order chi connectivity index (χ0) is 12.0. The molecule has 1 heterocycles. The van der Waals surface area contributed by atoms with Gasteiger partial charge in [-0.1, -0.05) is 39.0 Å². The fourth-order valence-electron chi connectivity index (χ4n) is 2.04. The van der Waals surface area contributed by atoms with Crippen molar-refractivity contribution >= 4 is 0 Å². The predicted octanol–water partition coefficient (Wildman–Crippen LogP) is 2.51. The zero-order valence-corrected chi connectivity index (χ0v) is 10.5. The molecule has 0 radical (unpaired) electrons. The molecule has 0 atom stereocenters. The summed E-state index contributed by atoms with van der Waals surface area (Å²) in [6, 6.07) is 6.35. The molecule has 0 aliphatic carbocycles. The number of rotatable bonds is 1. The van der Waals surface area contributed by atoms with Gasteiger partial charge in [0.05, 0.1) is 13.2 Å². The Bertz CT molecular complexity index is 398. The van der Waals surface area contributed by atoms with Gasteiger partial charge in [-0.25, -0.2) is 0 Å². The highest BCUT2D eigenvalue weighted by atomic mass is 16.5. The summed E-state index contributed by atoms with van der Waals surface area (Å²) >= 11 is 0. The van der Waals surface area contributed by atoms with Crippen LogP contribution in [0.3, 0.4) is 0 Å². The molecule has 0 spiro atoms. The van der Waals surface area contributed by atoms with Gasteiger partial charge in [-0.3, -0.25) is 0 Å². The molecule has 1 N–H and O–H groups in total. The Kier molecular flexibility index (Phi) is 2.59. The molecular formula is C14H20O2. The summed E-state index contributed by atoms with van der Waals surface area (Å²) in [5, 5.41) is 10.3. The molecular weight excluding hydrogens is 200 g/mol. The van der Waals surface area contributed by atoms with E-state index in [0.717, 1.165) is 11.1 Å². The third kappa shape index (κ3) is 1.87. The van der Waals surface area contributed by atoms with Crippen LogP contribution in [-0.2, 0) is 15.8 Å². The monoisotopic (exact) mass is 220 g/mol. The van der Waals surface area contributed by atoms with Crippen LogP contribution in [0, 0.1) is 6.92 Å². The van der Waals surface area contributed by atoms with Crippen LogP contribution in [-0.4, -0.2) is 18.3 Å². The summed E-state index contributed by atoms with van der Waals surface area (Å²) in [5.74, 6) is 0. The van der Waals surface area contributed by atoms with E-state index in [1.54, 1.807) is 0 Å². The lowest BCUT2D eigenvalue weighted by Gasteiger charge is -2.38. The van der Waals surface area contributed by atoms with Gasteiger partial charge in [0.25, 0.3) is 0 Å². The quantitative estimate of drug-likeness (QED) is 0.788. The van der Waals surface area contributed by atoms with Gasteiger partial charge < -0.3 is 9.84 Å². The summed E-state index contributed by atoms with van der Waals surface area (Å²) in [7, 11) is 0. The SMILES string of the molecule is Cc1ccc(C(C)(C)C)cc1C1(O)COC1. The smallest absolute Gasteiger partial charge is 0.136 e. The van der Waals surface area contributed by atoms with E-state index in [0.29, 0.717) is 13.2 Å². The van der Waals surface area contributed by atoms with Crippen molar-refractivity contribution in [2.24, 2.45) is 0 Å². The lowest BCUT2D eigenvalue weighted by molar-refractivity contribution is -0.185. The van der Waals surface area contributed by atoms with E-state index in [-0.39, 0.29) is 5.41 Å². The third-order valence-corrected chi connectivity index (χ3v) is 3.29. The van der Waals surface area contributed by atoms with E-state index in [4.69, 9.17) is 4.74 Å². The normalized spacial score (nSPS) is 19.3. The summed E-state index contributed by atoms with van der Waals surface area (Å²) in [6.07, 6.45) is 0. The average molecular weight is 220 g/mol. The molecule has 2 nitrogen and oxygen atoms in total. The molecule has 0 unspecified atom stereocenters. The molecule has 88 valence electrons. The van der Waals surface area contributed by atoms with Crippen molar-refractivity contribution in [3.63, 3.8) is 0 Å². The van der Waals surface area contributed by atoms with Gasteiger partial charge in [0.2, 0.25) is 0 Å². The highest BCUT2D eigenvalue weighted by molar-refractivity contribution is 5.39. The van der Waals surface area contributed by atoms with Crippen LogP contribution < -0.4 is 0 Å². The molecule has 2 rings (SSSR count). The van der Waals surface area contributed by atoms with Crippen molar-refractivity contribution in [3.05, 3.63) is 34.9 Å². The molecule has 0 aromatic heterocycles. The Morgan fingerprint density at radius 3 is 2.31 bits per heavy atom. The fraction of sp³-hybridized carbons (Fsp3) is 0.571. The second-order valence-corrected chi connectivity index (χ2v) is 5.80. The first-order chi connectivity index (χ1) is 7.33. The van der Waals surface area contributed by atoms with Crippen molar-refractivity contribution < 1.29 is 9.84 Å². The second-order valence-electron chi connectivity index (χ2n) is 5.80. The molecule has 1 saturated heterocycles. The van der Waals surface area contributed by atoms with Crippen LogP contribution in [0.4, 0.5) is 0 Å². The van der Waals surface area contributed by atoms with E-state index in [9.17, 15) is 5.11 Å². The maximum Gasteiger partial charge on any atom is 0.136 e. The van der Waals surface area contributed by atoms with Crippen LogP contribution in [0.1, 0.15) is 37.5 Å². The van der Waals surface area contributed by atoms with Crippen LogP contribution in [0.5, 0.6) is 0 Å². The van der Waals surface area contributed by atoms with Gasteiger partial charge >= 0.3 is 0 Å². The minimum atomic E-state index is -0.759. The first kappa shape index (κ1) is 11.6. The first-order valence-corrected chi connectivity index (χ1v) is 5.75. The molecule has 2 heteroatoms. The van der Waals surface area contributed by atoms with Gasteiger partial charge in [-0.2, -0.15) is 0 Å². The first-order valence-electron chi connectivity index (χ1n) is 5.75. The molecule has 1 aliphatic heterocycles. The summed E-state index contributed by atoms with van der Waals surface area (Å²) in [4.78, 5) is 0. The largest absolute Gasteiger partial charge is 0.380 e. The highest BCUT2D eigenvalue weighted by Crippen LogP contribution is 2.34. The van der Waals surface area contributed by atoms with Gasteiger partial charge in [-0.15, -0.1) is 0 Å². The minimum Gasteiger partial charge on any atom is -0.380 e. The molecule has 1 aromatic carbocycles. The Labute approximate surface area is 97.3 Å². The number of ether oxygens (including phenoxy) is 1. The van der Waals surface area contributed by atoms with Crippen molar-refractivity contribution in [3.8, 4) is 0 Å². The molecule has 1 aliphatic rings. The molecule has 0 amide bonds. The average Bonchev–Trinajstić information content (AvgIpc) is 2.13. The summed E-state index contributed by atoms with van der Waals surface area (Å²) in [6.45, 7) is 9.43. The van der Waals surface area contributed by atoms with Crippen LogP contribution in [0.2, 0.25) is 0 Å². The van der Waals surface area contributed by atoms with Crippen LogP contribution in [0.15, 0.2) is 18.2 Å². The Morgan fingerprint density at radius 2 is 1.88 bits per heavy atom. The van der Waals surface area contributed by atoms with E-state index in [1.165, 1.54) is 5.56 Å². The van der Waals surface area contributed by atoms with Gasteiger partial charge in [-0.05, 0) is 29.0 Å². The highest BCUT2D eigenvalue weighted by Gasteiger charge is 2.39. The van der Waals surface area contributed by atoms with Crippen molar-refractivity contribution in [1.29, 1.82) is 0 Å². The number of hydrogen-bond donors (Lipinski definition) is 1. The van der Waals surface area contributed by atoms with E-state index < -0.39 is 5.60 Å². The van der Waals surface area contributed by atoms with E-state index >= 15 is 0 Å². The number of hydrogen-bond acceptors (Lipinski definition) is 2. The lowest BCUT2D eigenvalue weighted by atomic mass is 9.81.